The predicted molar refractivity (Wildman–Crippen MR) is 119 cm³/mol. The van der Waals surface area contributed by atoms with Crippen LogP contribution in [-0.2, 0) is 17.7 Å². The number of nitrogens with one attached hydrogen (secondary N) is 2. The van der Waals surface area contributed by atoms with Gasteiger partial charge in [0.05, 0.1) is 12.8 Å². The highest BCUT2D eigenvalue weighted by atomic mass is 127. The van der Waals surface area contributed by atoms with Crippen molar-refractivity contribution in [2.45, 2.75) is 26.3 Å². The summed E-state index contributed by atoms with van der Waals surface area (Å²) < 4.78 is 21.5. The van der Waals surface area contributed by atoms with Crippen molar-refractivity contribution in [3.8, 4) is 11.5 Å². The van der Waals surface area contributed by atoms with Gasteiger partial charge in [0, 0.05) is 32.7 Å². The molecule has 8 heteroatoms. The summed E-state index contributed by atoms with van der Waals surface area (Å²) in [5, 5.41) is 6.71. The van der Waals surface area contributed by atoms with Crippen molar-refractivity contribution >= 4 is 29.9 Å². The number of ether oxygens (including phenoxy) is 3. The molecule has 1 aromatic carbocycles. The van der Waals surface area contributed by atoms with Gasteiger partial charge >= 0.3 is 0 Å². The topological polar surface area (TPSA) is 77.2 Å². The second-order valence-corrected chi connectivity index (χ2v) is 6.09. The Balaban J connectivity index is 0.00000280. The minimum Gasteiger partial charge on any atom is -0.469 e. The third kappa shape index (κ3) is 7.23. The molecule has 0 saturated heterocycles. The number of furan rings is 1. The SMILES string of the molecule is CCOCCCNC(=NCc1ccc2c(c1)OCO2)NCCc1ccco1.I. The average Bonchev–Trinajstić information content (AvgIpc) is 3.36. The number of hydrogen-bond donors (Lipinski definition) is 2. The summed E-state index contributed by atoms with van der Waals surface area (Å²) in [6.45, 7) is 5.86. The molecule has 1 aliphatic heterocycles. The monoisotopic (exact) mass is 501 g/mol. The van der Waals surface area contributed by atoms with Crippen LogP contribution in [0.1, 0.15) is 24.7 Å². The van der Waals surface area contributed by atoms with Gasteiger partial charge < -0.3 is 29.3 Å². The molecule has 0 amide bonds. The van der Waals surface area contributed by atoms with Crippen LogP contribution in [0.15, 0.2) is 46.0 Å². The van der Waals surface area contributed by atoms with E-state index in [4.69, 9.17) is 18.6 Å². The van der Waals surface area contributed by atoms with Gasteiger partial charge in [0.25, 0.3) is 0 Å². The molecule has 0 atom stereocenters. The van der Waals surface area contributed by atoms with Crippen molar-refractivity contribution < 1.29 is 18.6 Å². The molecular formula is C20H28IN3O4. The van der Waals surface area contributed by atoms with E-state index >= 15 is 0 Å². The zero-order chi connectivity index (χ0) is 18.7. The fourth-order valence-corrected chi connectivity index (χ4v) is 2.67. The fourth-order valence-electron chi connectivity index (χ4n) is 2.67. The first-order chi connectivity index (χ1) is 13.3. The van der Waals surface area contributed by atoms with Gasteiger partial charge in [-0.2, -0.15) is 0 Å². The lowest BCUT2D eigenvalue weighted by Gasteiger charge is -2.12. The lowest BCUT2D eigenvalue weighted by Crippen LogP contribution is -2.39. The molecule has 0 radical (unpaired) electrons. The van der Waals surface area contributed by atoms with Gasteiger partial charge in [-0.25, -0.2) is 4.99 Å². The van der Waals surface area contributed by atoms with Crippen LogP contribution in [0.3, 0.4) is 0 Å². The largest absolute Gasteiger partial charge is 0.469 e. The van der Waals surface area contributed by atoms with E-state index in [1.54, 1.807) is 6.26 Å². The molecule has 1 aromatic heterocycles. The fraction of sp³-hybridized carbons (Fsp3) is 0.450. The second kappa shape index (κ2) is 12.5. The number of guanidine groups is 1. The van der Waals surface area contributed by atoms with Crippen molar-refractivity contribution in [2.24, 2.45) is 4.99 Å². The molecule has 2 N–H and O–H groups in total. The van der Waals surface area contributed by atoms with Crippen molar-refractivity contribution in [1.82, 2.24) is 10.6 Å². The number of halogens is 1. The van der Waals surface area contributed by atoms with E-state index in [1.807, 2.05) is 37.3 Å². The lowest BCUT2D eigenvalue weighted by molar-refractivity contribution is 0.145. The number of benzene rings is 1. The molecule has 3 rings (SSSR count). The van der Waals surface area contributed by atoms with Gasteiger partial charge in [-0.1, -0.05) is 6.07 Å². The summed E-state index contributed by atoms with van der Waals surface area (Å²) in [7, 11) is 0. The summed E-state index contributed by atoms with van der Waals surface area (Å²) in [4.78, 5) is 4.68. The molecule has 0 bridgehead atoms. The van der Waals surface area contributed by atoms with Crippen LogP contribution in [0.4, 0.5) is 0 Å². The highest BCUT2D eigenvalue weighted by molar-refractivity contribution is 14.0. The summed E-state index contributed by atoms with van der Waals surface area (Å²) in [5.74, 6) is 3.29. The molecule has 0 saturated carbocycles. The van der Waals surface area contributed by atoms with Crippen molar-refractivity contribution in [2.75, 3.05) is 33.1 Å². The summed E-state index contributed by atoms with van der Waals surface area (Å²) in [6.07, 6.45) is 3.42. The van der Waals surface area contributed by atoms with E-state index in [2.05, 4.69) is 15.6 Å². The molecule has 0 spiro atoms. The van der Waals surface area contributed by atoms with Gasteiger partial charge in [0.2, 0.25) is 6.79 Å². The first-order valence-electron chi connectivity index (χ1n) is 9.36. The third-order valence-electron chi connectivity index (χ3n) is 4.06. The summed E-state index contributed by atoms with van der Waals surface area (Å²) in [5.41, 5.74) is 1.07. The van der Waals surface area contributed by atoms with E-state index in [0.29, 0.717) is 6.54 Å². The number of nitrogens with zero attached hydrogens (tertiary/aromatic N) is 1. The third-order valence-corrected chi connectivity index (χ3v) is 4.06. The Hall–Kier alpha value is -1.94. The number of fused-ring (bicyclic) bond motifs is 1. The van der Waals surface area contributed by atoms with Gasteiger partial charge in [-0.05, 0) is 43.2 Å². The van der Waals surface area contributed by atoms with Gasteiger partial charge in [-0.15, -0.1) is 24.0 Å². The first kappa shape index (κ1) is 22.4. The highest BCUT2D eigenvalue weighted by Gasteiger charge is 2.13. The van der Waals surface area contributed by atoms with Crippen LogP contribution in [0, 0.1) is 0 Å². The Bertz CT molecular complexity index is 722. The Morgan fingerprint density at radius 1 is 1.14 bits per heavy atom. The first-order valence-corrected chi connectivity index (χ1v) is 9.36. The van der Waals surface area contributed by atoms with Crippen LogP contribution in [0.25, 0.3) is 0 Å². The van der Waals surface area contributed by atoms with E-state index in [-0.39, 0.29) is 30.8 Å². The lowest BCUT2D eigenvalue weighted by atomic mass is 10.2. The standard InChI is InChI=1S/C20H27N3O4.HI/c1-2-24-11-4-9-21-20(22-10-8-17-5-3-12-25-17)23-14-16-6-7-18-19(13-16)27-15-26-18;/h3,5-7,12-13H,2,4,8-11,14-15H2,1H3,(H2,21,22,23);1H. The number of rotatable bonds is 10. The smallest absolute Gasteiger partial charge is 0.231 e. The molecule has 7 nitrogen and oxygen atoms in total. The molecule has 0 aliphatic carbocycles. The molecule has 28 heavy (non-hydrogen) atoms. The van der Waals surface area contributed by atoms with Crippen molar-refractivity contribution in [3.63, 3.8) is 0 Å². The van der Waals surface area contributed by atoms with Crippen molar-refractivity contribution in [1.29, 1.82) is 0 Å². The van der Waals surface area contributed by atoms with Crippen LogP contribution in [0.5, 0.6) is 11.5 Å². The van der Waals surface area contributed by atoms with Crippen LogP contribution < -0.4 is 20.1 Å². The van der Waals surface area contributed by atoms with E-state index in [0.717, 1.165) is 67.9 Å². The van der Waals surface area contributed by atoms with E-state index in [9.17, 15) is 0 Å². The van der Waals surface area contributed by atoms with Crippen LogP contribution in [0.2, 0.25) is 0 Å². The Labute approximate surface area is 182 Å². The van der Waals surface area contributed by atoms with E-state index in [1.165, 1.54) is 0 Å². The second-order valence-electron chi connectivity index (χ2n) is 6.09. The van der Waals surface area contributed by atoms with Crippen LogP contribution >= 0.6 is 24.0 Å². The predicted octanol–water partition coefficient (Wildman–Crippen LogP) is 3.33. The molecule has 2 aromatic rings. The Morgan fingerprint density at radius 2 is 2.00 bits per heavy atom. The molecule has 0 fully saturated rings. The maximum atomic E-state index is 5.43. The average molecular weight is 501 g/mol. The van der Waals surface area contributed by atoms with Gasteiger partial charge in [0.1, 0.15) is 5.76 Å². The van der Waals surface area contributed by atoms with Crippen LogP contribution in [-0.4, -0.2) is 39.1 Å². The molecular weight excluding hydrogens is 473 g/mol. The summed E-state index contributed by atoms with van der Waals surface area (Å²) >= 11 is 0. The maximum absolute atomic E-state index is 5.43. The molecule has 1 aliphatic rings. The van der Waals surface area contributed by atoms with Gasteiger partial charge in [0.15, 0.2) is 17.5 Å². The minimum atomic E-state index is 0. The van der Waals surface area contributed by atoms with E-state index < -0.39 is 0 Å². The normalized spacial score (nSPS) is 12.5. The number of aliphatic imine (C=N–C) groups is 1. The Morgan fingerprint density at radius 3 is 2.82 bits per heavy atom. The zero-order valence-corrected chi connectivity index (χ0v) is 18.4. The summed E-state index contributed by atoms with van der Waals surface area (Å²) in [6, 6.07) is 9.78. The molecule has 154 valence electrons. The highest BCUT2D eigenvalue weighted by Crippen LogP contribution is 2.32. The Kier molecular flexibility index (Phi) is 9.98. The molecule has 2 heterocycles. The van der Waals surface area contributed by atoms with Crippen molar-refractivity contribution in [3.05, 3.63) is 47.9 Å². The van der Waals surface area contributed by atoms with Gasteiger partial charge in [-0.3, -0.25) is 0 Å². The maximum Gasteiger partial charge on any atom is 0.231 e. The minimum absolute atomic E-state index is 0. The zero-order valence-electron chi connectivity index (χ0n) is 16.1. The quantitative estimate of drug-likeness (QED) is 0.225. The molecule has 0 unspecified atom stereocenters. The number of hydrogen-bond acceptors (Lipinski definition) is 5.